The predicted molar refractivity (Wildman–Crippen MR) is 88.9 cm³/mol. The molecule has 2 aliphatic rings. The van der Waals surface area contributed by atoms with E-state index >= 15 is 0 Å². The molecule has 1 aromatic heterocycles. The number of amides is 1. The Morgan fingerprint density at radius 1 is 1.22 bits per heavy atom. The SMILES string of the molecule is O=C(c1n[nH]c2c1CNCC2)N1CCc2c(Cl)cc(Cl)cc2C1. The number of hydrogen-bond acceptors (Lipinski definition) is 3. The van der Waals surface area contributed by atoms with Gasteiger partial charge in [0.15, 0.2) is 5.69 Å². The second-order valence-electron chi connectivity index (χ2n) is 5.96. The van der Waals surface area contributed by atoms with Gasteiger partial charge in [-0.05, 0) is 29.7 Å². The fraction of sp³-hybridized carbons (Fsp3) is 0.375. The van der Waals surface area contributed by atoms with Gasteiger partial charge in [0, 0.05) is 53.9 Å². The van der Waals surface area contributed by atoms with Crippen LogP contribution in [0.1, 0.15) is 32.9 Å². The van der Waals surface area contributed by atoms with Gasteiger partial charge in [-0.2, -0.15) is 5.10 Å². The molecule has 5 nitrogen and oxygen atoms in total. The number of carbonyl (C=O) groups is 1. The molecule has 120 valence electrons. The van der Waals surface area contributed by atoms with Gasteiger partial charge >= 0.3 is 0 Å². The zero-order valence-corrected chi connectivity index (χ0v) is 14.0. The molecule has 7 heteroatoms. The Bertz CT molecular complexity index is 787. The van der Waals surface area contributed by atoms with Crippen molar-refractivity contribution in [2.24, 2.45) is 0 Å². The van der Waals surface area contributed by atoms with Crippen molar-refractivity contribution in [3.05, 3.63) is 50.3 Å². The molecule has 0 saturated heterocycles. The first-order valence-electron chi connectivity index (χ1n) is 7.66. The van der Waals surface area contributed by atoms with Crippen LogP contribution in [0.3, 0.4) is 0 Å². The minimum atomic E-state index is -0.0343. The molecule has 0 bridgehead atoms. The summed E-state index contributed by atoms with van der Waals surface area (Å²) < 4.78 is 0. The summed E-state index contributed by atoms with van der Waals surface area (Å²) in [6.45, 7) is 2.76. The molecule has 1 amide bonds. The second-order valence-corrected chi connectivity index (χ2v) is 6.80. The third-order valence-electron chi connectivity index (χ3n) is 4.54. The van der Waals surface area contributed by atoms with Crippen LogP contribution in [0.25, 0.3) is 0 Å². The maximum absolute atomic E-state index is 12.9. The van der Waals surface area contributed by atoms with Gasteiger partial charge in [0.05, 0.1) is 0 Å². The molecule has 2 N–H and O–H groups in total. The van der Waals surface area contributed by atoms with E-state index in [2.05, 4.69) is 15.5 Å². The van der Waals surface area contributed by atoms with Crippen LogP contribution in [0.5, 0.6) is 0 Å². The van der Waals surface area contributed by atoms with E-state index in [1.165, 1.54) is 0 Å². The van der Waals surface area contributed by atoms with Gasteiger partial charge in [-0.1, -0.05) is 23.2 Å². The van der Waals surface area contributed by atoms with Crippen molar-refractivity contribution in [3.63, 3.8) is 0 Å². The summed E-state index contributed by atoms with van der Waals surface area (Å²) in [6, 6.07) is 3.65. The van der Waals surface area contributed by atoms with Crippen molar-refractivity contribution in [2.45, 2.75) is 25.9 Å². The third-order valence-corrected chi connectivity index (χ3v) is 5.10. The summed E-state index contributed by atoms with van der Waals surface area (Å²) in [4.78, 5) is 14.7. The number of aromatic amines is 1. The van der Waals surface area contributed by atoms with Crippen LogP contribution in [0.2, 0.25) is 10.0 Å². The van der Waals surface area contributed by atoms with Gasteiger partial charge in [0.2, 0.25) is 0 Å². The Hall–Kier alpha value is -1.56. The first kappa shape index (κ1) is 15.0. The topological polar surface area (TPSA) is 61.0 Å². The fourth-order valence-electron chi connectivity index (χ4n) is 3.33. The summed E-state index contributed by atoms with van der Waals surface area (Å²) in [5.74, 6) is -0.0343. The largest absolute Gasteiger partial charge is 0.333 e. The molecule has 0 radical (unpaired) electrons. The Labute approximate surface area is 144 Å². The lowest BCUT2D eigenvalue weighted by atomic mass is 9.99. The summed E-state index contributed by atoms with van der Waals surface area (Å²) in [5.41, 5.74) is 4.70. The quantitative estimate of drug-likeness (QED) is 0.830. The highest BCUT2D eigenvalue weighted by Crippen LogP contribution is 2.30. The number of halogens is 2. The van der Waals surface area contributed by atoms with Crippen LogP contribution >= 0.6 is 23.2 Å². The van der Waals surface area contributed by atoms with Crippen molar-refractivity contribution in [1.82, 2.24) is 20.4 Å². The molecule has 2 aliphatic heterocycles. The summed E-state index contributed by atoms with van der Waals surface area (Å²) in [6.07, 6.45) is 1.62. The van der Waals surface area contributed by atoms with Crippen LogP contribution in [0, 0.1) is 0 Å². The molecule has 0 unspecified atom stereocenters. The lowest BCUT2D eigenvalue weighted by Gasteiger charge is -2.29. The van der Waals surface area contributed by atoms with Gasteiger partial charge in [-0.25, -0.2) is 0 Å². The highest BCUT2D eigenvalue weighted by Gasteiger charge is 2.28. The molecule has 0 saturated carbocycles. The number of carbonyl (C=O) groups excluding carboxylic acids is 1. The van der Waals surface area contributed by atoms with Crippen LogP contribution in [-0.4, -0.2) is 34.1 Å². The second kappa shape index (κ2) is 5.82. The Morgan fingerprint density at radius 3 is 2.96 bits per heavy atom. The van der Waals surface area contributed by atoms with E-state index in [1.807, 2.05) is 11.0 Å². The number of fused-ring (bicyclic) bond motifs is 2. The molecular weight excluding hydrogens is 335 g/mol. The van der Waals surface area contributed by atoms with Gasteiger partial charge in [0.25, 0.3) is 5.91 Å². The van der Waals surface area contributed by atoms with E-state index in [0.29, 0.717) is 35.4 Å². The first-order chi connectivity index (χ1) is 11.1. The lowest BCUT2D eigenvalue weighted by Crippen LogP contribution is -2.37. The van der Waals surface area contributed by atoms with Gasteiger partial charge in [-0.3, -0.25) is 9.89 Å². The molecule has 3 heterocycles. The molecule has 4 rings (SSSR count). The molecular formula is C16H16Cl2N4O. The number of hydrogen-bond donors (Lipinski definition) is 2. The molecule has 0 fully saturated rings. The smallest absolute Gasteiger partial charge is 0.275 e. The number of benzene rings is 1. The Kier molecular flexibility index (Phi) is 3.79. The zero-order valence-electron chi connectivity index (χ0n) is 12.5. The van der Waals surface area contributed by atoms with Crippen molar-refractivity contribution in [1.29, 1.82) is 0 Å². The standard InChI is InChI=1S/C16H16Cl2N4O/c17-10-5-9-8-22(4-2-11(9)13(18)6-10)16(23)15-12-7-19-3-1-14(12)20-21-15/h5-6,19H,1-4,7-8H2,(H,20,21). The normalized spacial score (nSPS) is 16.9. The predicted octanol–water partition coefficient (Wildman–Crippen LogP) is 2.56. The van der Waals surface area contributed by atoms with E-state index in [0.717, 1.165) is 41.8 Å². The first-order valence-corrected chi connectivity index (χ1v) is 8.42. The van der Waals surface area contributed by atoms with Crippen molar-refractivity contribution in [3.8, 4) is 0 Å². The zero-order chi connectivity index (χ0) is 16.0. The highest BCUT2D eigenvalue weighted by molar-refractivity contribution is 6.35. The van der Waals surface area contributed by atoms with Crippen LogP contribution < -0.4 is 5.32 Å². The Balaban J connectivity index is 1.62. The van der Waals surface area contributed by atoms with Crippen LogP contribution in [0.4, 0.5) is 0 Å². The maximum atomic E-state index is 12.9. The lowest BCUT2D eigenvalue weighted by molar-refractivity contribution is 0.0727. The minimum Gasteiger partial charge on any atom is -0.333 e. The van der Waals surface area contributed by atoms with E-state index in [9.17, 15) is 4.79 Å². The maximum Gasteiger partial charge on any atom is 0.275 e. The minimum absolute atomic E-state index is 0.0343. The Morgan fingerprint density at radius 2 is 2.09 bits per heavy atom. The number of nitrogens with one attached hydrogen (secondary N) is 2. The molecule has 23 heavy (non-hydrogen) atoms. The van der Waals surface area contributed by atoms with Gasteiger partial charge in [0.1, 0.15) is 0 Å². The van der Waals surface area contributed by atoms with Crippen LogP contribution in [0.15, 0.2) is 12.1 Å². The van der Waals surface area contributed by atoms with E-state index in [1.54, 1.807) is 6.07 Å². The van der Waals surface area contributed by atoms with Gasteiger partial charge < -0.3 is 10.2 Å². The van der Waals surface area contributed by atoms with Crippen molar-refractivity contribution < 1.29 is 4.79 Å². The number of rotatable bonds is 1. The monoisotopic (exact) mass is 350 g/mol. The molecule has 0 aliphatic carbocycles. The van der Waals surface area contributed by atoms with Crippen LogP contribution in [-0.2, 0) is 25.9 Å². The average molecular weight is 351 g/mol. The molecule has 0 spiro atoms. The number of H-pyrrole nitrogens is 1. The van der Waals surface area contributed by atoms with E-state index in [-0.39, 0.29) is 5.91 Å². The molecule has 1 aromatic carbocycles. The third kappa shape index (κ3) is 2.63. The highest BCUT2D eigenvalue weighted by atomic mass is 35.5. The van der Waals surface area contributed by atoms with E-state index in [4.69, 9.17) is 23.2 Å². The summed E-state index contributed by atoms with van der Waals surface area (Å²) in [5, 5.41) is 11.8. The average Bonchev–Trinajstić information content (AvgIpc) is 2.97. The van der Waals surface area contributed by atoms with Crippen molar-refractivity contribution in [2.75, 3.05) is 13.1 Å². The molecule has 2 aromatic rings. The number of aromatic nitrogens is 2. The van der Waals surface area contributed by atoms with E-state index < -0.39 is 0 Å². The summed E-state index contributed by atoms with van der Waals surface area (Å²) >= 11 is 12.3. The number of nitrogens with zero attached hydrogens (tertiary/aromatic N) is 2. The summed E-state index contributed by atoms with van der Waals surface area (Å²) in [7, 11) is 0. The molecule has 0 atom stereocenters. The van der Waals surface area contributed by atoms with Gasteiger partial charge in [-0.15, -0.1) is 0 Å². The fourth-order valence-corrected chi connectivity index (χ4v) is 3.96. The van der Waals surface area contributed by atoms with Crippen molar-refractivity contribution >= 4 is 29.1 Å².